The topological polar surface area (TPSA) is 40.2 Å². The Morgan fingerprint density at radius 2 is 2.20 bits per heavy atom. The molecule has 2 fully saturated rings. The Kier molecular flexibility index (Phi) is 2.12. The van der Waals surface area contributed by atoms with Gasteiger partial charge < -0.3 is 9.47 Å². The van der Waals surface area contributed by atoms with Crippen molar-refractivity contribution in [3.63, 3.8) is 0 Å². The van der Waals surface area contributed by atoms with Gasteiger partial charge in [-0.05, 0) is 6.07 Å². The van der Waals surface area contributed by atoms with Crippen molar-refractivity contribution in [1.82, 2.24) is 0 Å². The Hall–Kier alpha value is -1.10. The number of methoxy groups -OCH3 is 1. The largest absolute Gasteiger partial charge is 0.496 e. The molecule has 3 rings (SSSR count). The zero-order valence-electron chi connectivity index (χ0n) is 8.38. The summed E-state index contributed by atoms with van der Waals surface area (Å²) < 4.78 is 10.7. The molecule has 80 valence electrons. The van der Waals surface area contributed by atoms with Crippen molar-refractivity contribution in [2.24, 2.45) is 0 Å². The van der Waals surface area contributed by atoms with Crippen LogP contribution in [0.2, 0.25) is 0 Å². The van der Waals surface area contributed by atoms with Crippen LogP contribution in [-0.2, 0) is 14.5 Å². The molecule has 0 bridgehead atoms. The van der Waals surface area contributed by atoms with Crippen LogP contribution < -0.4 is 4.74 Å². The fourth-order valence-corrected chi connectivity index (χ4v) is 1.92. The predicted molar refractivity (Wildman–Crippen MR) is 51.4 cm³/mol. The summed E-state index contributed by atoms with van der Waals surface area (Å²) in [5.74, 6) is 0.808. The molecule has 0 unspecified atom stereocenters. The van der Waals surface area contributed by atoms with Gasteiger partial charge >= 0.3 is 0 Å². The zero-order valence-corrected chi connectivity index (χ0v) is 8.38. The summed E-state index contributed by atoms with van der Waals surface area (Å²) in [5.41, 5.74) is 0.979. The predicted octanol–water partition coefficient (Wildman–Crippen LogP) is 1.47. The Bertz CT molecular complexity index is 365. The molecule has 0 aliphatic carbocycles. The molecule has 4 nitrogen and oxygen atoms in total. The number of fused-ring (bicyclic) bond motifs is 1. The van der Waals surface area contributed by atoms with E-state index < -0.39 is 0 Å². The maximum Gasteiger partial charge on any atom is 0.150 e. The first-order chi connectivity index (χ1) is 7.40. The molecular formula is C11H12O4. The summed E-state index contributed by atoms with van der Waals surface area (Å²) in [4.78, 5) is 10.3. The minimum absolute atomic E-state index is 0.120. The van der Waals surface area contributed by atoms with E-state index in [9.17, 15) is 0 Å². The third-order valence-electron chi connectivity index (χ3n) is 2.77. The van der Waals surface area contributed by atoms with Gasteiger partial charge in [-0.2, -0.15) is 0 Å². The minimum Gasteiger partial charge on any atom is -0.496 e. The van der Waals surface area contributed by atoms with Crippen LogP contribution in [0.25, 0.3) is 0 Å². The number of benzene rings is 1. The molecule has 0 radical (unpaired) electrons. The molecule has 1 aromatic rings. The molecule has 0 amide bonds. The van der Waals surface area contributed by atoms with Gasteiger partial charge in [0.15, 0.2) is 6.10 Å². The first-order valence-electron chi connectivity index (χ1n) is 4.97. The number of hydrogen-bond acceptors (Lipinski definition) is 4. The first-order valence-corrected chi connectivity index (χ1v) is 4.97. The molecule has 2 aliphatic heterocycles. The lowest BCUT2D eigenvalue weighted by Gasteiger charge is -2.20. The number of ether oxygens (including phenoxy) is 2. The third kappa shape index (κ3) is 1.51. The summed E-state index contributed by atoms with van der Waals surface area (Å²) in [5, 5.41) is 0. The molecule has 0 spiro atoms. The van der Waals surface area contributed by atoms with Crippen LogP contribution in [0.4, 0.5) is 0 Å². The highest BCUT2D eigenvalue weighted by molar-refractivity contribution is 5.36. The van der Waals surface area contributed by atoms with Crippen LogP contribution in [-0.4, -0.2) is 25.9 Å². The SMILES string of the molecule is COc1ccccc1[C@H]1OOC[C@@H]2O[C@@H]21. The van der Waals surface area contributed by atoms with Gasteiger partial charge in [-0.1, -0.05) is 18.2 Å². The second-order valence-corrected chi connectivity index (χ2v) is 3.68. The fraction of sp³-hybridized carbons (Fsp3) is 0.455. The monoisotopic (exact) mass is 208 g/mol. The van der Waals surface area contributed by atoms with Crippen LogP contribution >= 0.6 is 0 Å². The van der Waals surface area contributed by atoms with Crippen molar-refractivity contribution in [3.05, 3.63) is 29.8 Å². The lowest BCUT2D eigenvalue weighted by Crippen LogP contribution is -2.22. The number of epoxide rings is 1. The van der Waals surface area contributed by atoms with E-state index in [1.807, 2.05) is 24.3 Å². The molecule has 15 heavy (non-hydrogen) atoms. The lowest BCUT2D eigenvalue weighted by molar-refractivity contribution is -0.339. The zero-order chi connectivity index (χ0) is 10.3. The van der Waals surface area contributed by atoms with Crippen LogP contribution in [0.1, 0.15) is 11.7 Å². The van der Waals surface area contributed by atoms with Crippen molar-refractivity contribution in [1.29, 1.82) is 0 Å². The highest BCUT2D eigenvalue weighted by atomic mass is 17.2. The van der Waals surface area contributed by atoms with E-state index in [0.29, 0.717) is 6.61 Å². The molecule has 2 aliphatic rings. The molecule has 2 saturated heterocycles. The molecule has 3 atom stereocenters. The summed E-state index contributed by atoms with van der Waals surface area (Å²) in [6.45, 7) is 0.524. The van der Waals surface area contributed by atoms with Gasteiger partial charge in [-0.3, -0.25) is 0 Å². The normalized spacial score (nSPS) is 33.3. The Balaban J connectivity index is 1.91. The van der Waals surface area contributed by atoms with Crippen LogP contribution in [0.15, 0.2) is 24.3 Å². The van der Waals surface area contributed by atoms with E-state index in [4.69, 9.17) is 19.2 Å². The van der Waals surface area contributed by atoms with E-state index in [1.54, 1.807) is 7.11 Å². The number of rotatable bonds is 2. The van der Waals surface area contributed by atoms with E-state index in [-0.39, 0.29) is 18.3 Å². The average molecular weight is 208 g/mol. The molecule has 1 aromatic carbocycles. The van der Waals surface area contributed by atoms with Crippen LogP contribution in [0.5, 0.6) is 5.75 Å². The average Bonchev–Trinajstić information content (AvgIpc) is 3.07. The fourth-order valence-electron chi connectivity index (χ4n) is 1.92. The Morgan fingerprint density at radius 1 is 1.33 bits per heavy atom. The van der Waals surface area contributed by atoms with Crippen LogP contribution in [0, 0.1) is 0 Å². The lowest BCUT2D eigenvalue weighted by atomic mass is 10.0. The van der Waals surface area contributed by atoms with Crippen molar-refractivity contribution in [2.75, 3.05) is 13.7 Å². The van der Waals surface area contributed by atoms with Gasteiger partial charge in [0.1, 0.15) is 24.6 Å². The number of hydrogen-bond donors (Lipinski definition) is 0. The van der Waals surface area contributed by atoms with Crippen molar-refractivity contribution >= 4 is 0 Å². The second kappa shape index (κ2) is 3.48. The Morgan fingerprint density at radius 3 is 3.07 bits per heavy atom. The molecular weight excluding hydrogens is 196 g/mol. The van der Waals surface area contributed by atoms with Crippen LogP contribution in [0.3, 0.4) is 0 Å². The van der Waals surface area contributed by atoms with E-state index >= 15 is 0 Å². The summed E-state index contributed by atoms with van der Waals surface area (Å²) in [6, 6.07) is 7.76. The summed E-state index contributed by atoms with van der Waals surface area (Å²) in [6.07, 6.45) is 0.142. The van der Waals surface area contributed by atoms with Crippen molar-refractivity contribution < 1.29 is 19.2 Å². The standard InChI is InChI=1S/C11H12O4/c1-12-8-5-3-2-4-7(8)10-11-9(14-11)6-13-15-10/h2-5,9-11H,6H2,1H3/t9-,10+,11-/m0/s1. The summed E-state index contributed by atoms with van der Waals surface area (Å²) >= 11 is 0. The number of para-hydroxylation sites is 1. The first kappa shape index (κ1) is 9.15. The third-order valence-corrected chi connectivity index (χ3v) is 2.77. The van der Waals surface area contributed by atoms with E-state index in [1.165, 1.54) is 0 Å². The molecule has 2 heterocycles. The summed E-state index contributed by atoms with van der Waals surface area (Å²) in [7, 11) is 1.65. The van der Waals surface area contributed by atoms with Gasteiger partial charge in [0.2, 0.25) is 0 Å². The van der Waals surface area contributed by atoms with E-state index in [2.05, 4.69) is 0 Å². The van der Waals surface area contributed by atoms with Gasteiger partial charge in [-0.25, -0.2) is 9.78 Å². The second-order valence-electron chi connectivity index (χ2n) is 3.68. The van der Waals surface area contributed by atoms with Gasteiger partial charge in [-0.15, -0.1) is 0 Å². The van der Waals surface area contributed by atoms with Crippen molar-refractivity contribution in [3.8, 4) is 5.75 Å². The van der Waals surface area contributed by atoms with Gasteiger partial charge in [0.05, 0.1) is 7.11 Å². The Labute approximate surface area is 87.6 Å². The molecule has 0 N–H and O–H groups in total. The molecule has 0 aromatic heterocycles. The highest BCUT2D eigenvalue weighted by Crippen LogP contribution is 2.43. The molecule has 4 heteroatoms. The maximum atomic E-state index is 5.44. The van der Waals surface area contributed by atoms with Gasteiger partial charge in [0, 0.05) is 5.56 Å². The highest BCUT2D eigenvalue weighted by Gasteiger charge is 2.51. The smallest absolute Gasteiger partial charge is 0.150 e. The quantitative estimate of drug-likeness (QED) is 0.545. The van der Waals surface area contributed by atoms with Crippen molar-refractivity contribution in [2.45, 2.75) is 18.3 Å². The maximum absolute atomic E-state index is 5.44. The molecule has 0 saturated carbocycles. The minimum atomic E-state index is -0.167. The van der Waals surface area contributed by atoms with Gasteiger partial charge in [0.25, 0.3) is 0 Å². The van der Waals surface area contributed by atoms with E-state index in [0.717, 1.165) is 11.3 Å².